The van der Waals surface area contributed by atoms with Crippen molar-refractivity contribution in [2.45, 2.75) is 37.3 Å². The van der Waals surface area contributed by atoms with Crippen molar-refractivity contribution in [3.05, 3.63) is 29.3 Å². The van der Waals surface area contributed by atoms with Crippen molar-refractivity contribution in [1.29, 1.82) is 0 Å². The number of aliphatic hydroxyl groups excluding tert-OH is 1. The number of aliphatic hydroxyl groups is 1. The van der Waals surface area contributed by atoms with E-state index < -0.39 is 10.0 Å². The normalized spacial score (nSPS) is 20.4. The van der Waals surface area contributed by atoms with Crippen molar-refractivity contribution >= 4 is 21.8 Å². The number of rotatable bonds is 4. The Morgan fingerprint density at radius 2 is 2.26 bits per heavy atom. The number of hydrogen-bond donors (Lipinski definition) is 2. The van der Waals surface area contributed by atoms with Crippen LogP contribution in [-0.4, -0.2) is 31.1 Å². The SMILES string of the molecule is Cc1ccc(CO)cc1S(=O)(=O)NC1CCCSC1. The highest BCUT2D eigenvalue weighted by Gasteiger charge is 2.23. The van der Waals surface area contributed by atoms with Crippen molar-refractivity contribution in [3.8, 4) is 0 Å². The first-order chi connectivity index (χ1) is 9.03. The maximum Gasteiger partial charge on any atom is 0.241 e. The van der Waals surface area contributed by atoms with Gasteiger partial charge >= 0.3 is 0 Å². The van der Waals surface area contributed by atoms with E-state index in [1.165, 1.54) is 0 Å². The summed E-state index contributed by atoms with van der Waals surface area (Å²) in [5.41, 5.74) is 1.32. The molecule has 0 aliphatic carbocycles. The molecule has 6 heteroatoms. The minimum absolute atomic E-state index is 0.0148. The lowest BCUT2D eigenvalue weighted by Crippen LogP contribution is -2.38. The molecule has 1 aliphatic heterocycles. The molecule has 19 heavy (non-hydrogen) atoms. The quantitative estimate of drug-likeness (QED) is 0.887. The molecule has 1 aromatic carbocycles. The predicted molar refractivity (Wildman–Crippen MR) is 77.8 cm³/mol. The molecule has 1 unspecified atom stereocenters. The Labute approximate surface area is 118 Å². The van der Waals surface area contributed by atoms with E-state index in [1.807, 2.05) is 0 Å². The van der Waals surface area contributed by atoms with E-state index >= 15 is 0 Å². The second-order valence-electron chi connectivity index (χ2n) is 4.79. The van der Waals surface area contributed by atoms with E-state index in [-0.39, 0.29) is 17.5 Å². The lowest BCUT2D eigenvalue weighted by atomic mass is 10.2. The Hall–Kier alpha value is -0.560. The molecule has 0 saturated carbocycles. The van der Waals surface area contributed by atoms with Crippen LogP contribution in [0.3, 0.4) is 0 Å². The Morgan fingerprint density at radius 3 is 2.89 bits per heavy atom. The zero-order chi connectivity index (χ0) is 13.9. The van der Waals surface area contributed by atoms with Gasteiger partial charge in [0.15, 0.2) is 0 Å². The Morgan fingerprint density at radius 1 is 1.47 bits per heavy atom. The Bertz CT molecular complexity index is 537. The van der Waals surface area contributed by atoms with Gasteiger partial charge in [0.2, 0.25) is 10.0 Å². The molecule has 0 bridgehead atoms. The summed E-state index contributed by atoms with van der Waals surface area (Å²) in [6.07, 6.45) is 1.94. The maximum atomic E-state index is 12.4. The smallest absolute Gasteiger partial charge is 0.241 e. The van der Waals surface area contributed by atoms with Gasteiger partial charge in [0.05, 0.1) is 11.5 Å². The summed E-state index contributed by atoms with van der Waals surface area (Å²) < 4.78 is 27.5. The van der Waals surface area contributed by atoms with Crippen LogP contribution in [0.5, 0.6) is 0 Å². The van der Waals surface area contributed by atoms with E-state index in [9.17, 15) is 8.42 Å². The van der Waals surface area contributed by atoms with Crippen molar-refractivity contribution in [1.82, 2.24) is 4.72 Å². The third-order valence-corrected chi connectivity index (χ3v) is 6.08. The van der Waals surface area contributed by atoms with Crippen LogP contribution in [0.25, 0.3) is 0 Å². The van der Waals surface area contributed by atoms with Gasteiger partial charge in [-0.15, -0.1) is 0 Å². The van der Waals surface area contributed by atoms with Crippen LogP contribution >= 0.6 is 11.8 Å². The molecule has 0 amide bonds. The van der Waals surface area contributed by atoms with Gasteiger partial charge in [-0.2, -0.15) is 11.8 Å². The van der Waals surface area contributed by atoms with Gasteiger partial charge < -0.3 is 5.11 Å². The van der Waals surface area contributed by atoms with Gasteiger partial charge in [-0.25, -0.2) is 13.1 Å². The fraction of sp³-hybridized carbons (Fsp3) is 0.538. The largest absolute Gasteiger partial charge is 0.392 e. The summed E-state index contributed by atoms with van der Waals surface area (Å²) in [7, 11) is -3.50. The van der Waals surface area contributed by atoms with E-state index in [2.05, 4.69) is 4.72 Å². The fourth-order valence-electron chi connectivity index (χ4n) is 2.15. The van der Waals surface area contributed by atoms with E-state index in [1.54, 1.807) is 36.9 Å². The highest BCUT2D eigenvalue weighted by Crippen LogP contribution is 2.21. The molecule has 0 spiro atoms. The molecule has 1 aliphatic rings. The molecule has 1 saturated heterocycles. The summed E-state index contributed by atoms with van der Waals surface area (Å²) >= 11 is 1.78. The molecule has 2 N–H and O–H groups in total. The predicted octanol–water partition coefficient (Wildman–Crippen LogP) is 1.66. The lowest BCUT2D eigenvalue weighted by Gasteiger charge is -2.22. The third kappa shape index (κ3) is 3.72. The van der Waals surface area contributed by atoms with Crippen molar-refractivity contribution in [3.63, 3.8) is 0 Å². The van der Waals surface area contributed by atoms with Gasteiger partial charge in [-0.05, 0) is 42.7 Å². The van der Waals surface area contributed by atoms with E-state index in [0.29, 0.717) is 11.1 Å². The van der Waals surface area contributed by atoms with Crippen molar-refractivity contribution in [2.24, 2.45) is 0 Å². The molecular formula is C13H19NO3S2. The lowest BCUT2D eigenvalue weighted by molar-refractivity contribution is 0.281. The average molecular weight is 301 g/mol. The standard InChI is InChI=1S/C13H19NO3S2/c1-10-4-5-11(8-15)7-13(10)19(16,17)14-12-3-2-6-18-9-12/h4-5,7,12,14-15H,2-3,6,8-9H2,1H3. The van der Waals surface area contributed by atoms with Crippen LogP contribution in [0.2, 0.25) is 0 Å². The van der Waals surface area contributed by atoms with E-state index in [0.717, 1.165) is 24.3 Å². The van der Waals surface area contributed by atoms with Gasteiger partial charge in [0.25, 0.3) is 0 Å². The monoisotopic (exact) mass is 301 g/mol. The zero-order valence-corrected chi connectivity index (χ0v) is 12.6. The first-order valence-electron chi connectivity index (χ1n) is 6.33. The molecule has 2 rings (SSSR count). The zero-order valence-electron chi connectivity index (χ0n) is 10.9. The average Bonchev–Trinajstić information content (AvgIpc) is 2.39. The summed E-state index contributed by atoms with van der Waals surface area (Å²) in [5.74, 6) is 1.94. The number of thioether (sulfide) groups is 1. The van der Waals surface area contributed by atoms with Crippen LogP contribution in [-0.2, 0) is 16.6 Å². The topological polar surface area (TPSA) is 66.4 Å². The molecule has 1 heterocycles. The molecule has 4 nitrogen and oxygen atoms in total. The Balaban J connectivity index is 2.23. The molecule has 0 aromatic heterocycles. The molecular weight excluding hydrogens is 282 g/mol. The summed E-state index contributed by atoms with van der Waals surface area (Å²) in [6, 6.07) is 5.04. The van der Waals surface area contributed by atoms with Gasteiger partial charge in [0, 0.05) is 11.8 Å². The number of nitrogens with one attached hydrogen (secondary N) is 1. The minimum Gasteiger partial charge on any atom is -0.392 e. The number of sulfonamides is 1. The molecule has 1 atom stereocenters. The first kappa shape index (κ1) is 14.8. The molecule has 0 radical (unpaired) electrons. The Kier molecular flexibility index (Phi) is 4.89. The second-order valence-corrected chi connectivity index (χ2v) is 7.63. The maximum absolute atomic E-state index is 12.4. The second kappa shape index (κ2) is 6.26. The third-order valence-electron chi connectivity index (χ3n) is 3.21. The molecule has 1 aromatic rings. The highest BCUT2D eigenvalue weighted by molar-refractivity contribution is 7.99. The number of hydrogen-bond acceptors (Lipinski definition) is 4. The van der Waals surface area contributed by atoms with Crippen LogP contribution in [0.1, 0.15) is 24.0 Å². The van der Waals surface area contributed by atoms with Crippen LogP contribution in [0, 0.1) is 6.92 Å². The number of aryl methyl sites for hydroxylation is 1. The van der Waals surface area contributed by atoms with Crippen molar-refractivity contribution in [2.75, 3.05) is 11.5 Å². The van der Waals surface area contributed by atoms with Gasteiger partial charge in [-0.3, -0.25) is 0 Å². The van der Waals surface area contributed by atoms with Crippen LogP contribution in [0.15, 0.2) is 23.1 Å². The molecule has 1 fully saturated rings. The first-order valence-corrected chi connectivity index (χ1v) is 8.97. The van der Waals surface area contributed by atoms with Gasteiger partial charge in [-0.1, -0.05) is 12.1 Å². The van der Waals surface area contributed by atoms with Crippen LogP contribution < -0.4 is 4.72 Å². The summed E-state index contributed by atoms with van der Waals surface area (Å²) in [5, 5.41) is 9.12. The van der Waals surface area contributed by atoms with Crippen LogP contribution in [0.4, 0.5) is 0 Å². The molecule has 106 valence electrons. The number of benzene rings is 1. The summed E-state index contributed by atoms with van der Waals surface area (Å²) in [4.78, 5) is 0.273. The minimum atomic E-state index is -3.50. The highest BCUT2D eigenvalue weighted by atomic mass is 32.2. The fourth-order valence-corrected chi connectivity index (χ4v) is 4.89. The van der Waals surface area contributed by atoms with Crippen molar-refractivity contribution < 1.29 is 13.5 Å². The van der Waals surface area contributed by atoms with E-state index in [4.69, 9.17) is 5.11 Å². The van der Waals surface area contributed by atoms with Gasteiger partial charge in [0.1, 0.15) is 0 Å². The summed E-state index contributed by atoms with van der Waals surface area (Å²) in [6.45, 7) is 1.62.